The van der Waals surface area contributed by atoms with Crippen LogP contribution in [0.1, 0.15) is 12.8 Å². The monoisotopic (exact) mass is 399 g/mol. The van der Waals surface area contributed by atoms with Gasteiger partial charge in [-0.1, -0.05) is 36.4 Å². The Hall–Kier alpha value is -3.34. The third kappa shape index (κ3) is 2.69. The van der Waals surface area contributed by atoms with E-state index in [-0.39, 0.29) is 41.7 Å². The molecule has 5 atom stereocenters. The molecule has 1 amide bonds. The fourth-order valence-corrected chi connectivity index (χ4v) is 5.61. The minimum absolute atomic E-state index is 0.0436. The predicted molar refractivity (Wildman–Crippen MR) is 112 cm³/mol. The van der Waals surface area contributed by atoms with Crippen molar-refractivity contribution in [1.29, 1.82) is 0 Å². The van der Waals surface area contributed by atoms with Crippen LogP contribution in [0.3, 0.4) is 0 Å². The molecule has 6 rings (SSSR count). The van der Waals surface area contributed by atoms with Crippen LogP contribution < -0.4 is 10.1 Å². The van der Waals surface area contributed by atoms with Gasteiger partial charge in [0.25, 0.3) is 0 Å². The lowest BCUT2D eigenvalue weighted by Gasteiger charge is -2.23. The summed E-state index contributed by atoms with van der Waals surface area (Å²) in [4.78, 5) is 25.1. The third-order valence-electron chi connectivity index (χ3n) is 6.89. The van der Waals surface area contributed by atoms with Gasteiger partial charge in [0.1, 0.15) is 17.6 Å². The molecule has 3 aromatic rings. The van der Waals surface area contributed by atoms with Crippen LogP contribution in [0, 0.1) is 23.7 Å². The van der Waals surface area contributed by atoms with Gasteiger partial charge in [0, 0.05) is 17.0 Å². The van der Waals surface area contributed by atoms with E-state index in [2.05, 4.69) is 17.4 Å². The lowest BCUT2D eigenvalue weighted by Crippen LogP contribution is -2.35. The van der Waals surface area contributed by atoms with Crippen molar-refractivity contribution >= 4 is 28.3 Å². The molecule has 0 unspecified atom stereocenters. The standard InChI is InChI=1S/C25H21NO4/c27-24(22-15-12-19-21(13-15)30-25(28)23(19)22)26-16-8-10-17(11-9-16)29-20-7-3-5-14-4-1-2-6-18(14)20/h1-11,15,19,21-23H,12-13H2,(H,26,27)/t15-,19+,21+,22-,23-/m1/s1. The van der Waals surface area contributed by atoms with Crippen molar-refractivity contribution < 1.29 is 19.1 Å². The summed E-state index contributed by atoms with van der Waals surface area (Å²) in [7, 11) is 0. The molecule has 3 aliphatic rings. The van der Waals surface area contributed by atoms with Crippen molar-refractivity contribution in [3.63, 3.8) is 0 Å². The van der Waals surface area contributed by atoms with Crippen LogP contribution in [0.2, 0.25) is 0 Å². The molecule has 2 aliphatic carbocycles. The summed E-state index contributed by atoms with van der Waals surface area (Å²) < 4.78 is 11.5. The highest BCUT2D eigenvalue weighted by Gasteiger charge is 2.63. The molecule has 1 N–H and O–H groups in total. The maximum absolute atomic E-state index is 12.9. The third-order valence-corrected chi connectivity index (χ3v) is 6.89. The number of nitrogens with one attached hydrogen (secondary N) is 1. The predicted octanol–water partition coefficient (Wildman–Crippen LogP) is 4.77. The van der Waals surface area contributed by atoms with Crippen LogP contribution in [-0.4, -0.2) is 18.0 Å². The van der Waals surface area contributed by atoms with Crippen LogP contribution in [-0.2, 0) is 14.3 Å². The largest absolute Gasteiger partial charge is 0.462 e. The second kappa shape index (κ2) is 6.59. The van der Waals surface area contributed by atoms with Crippen molar-refractivity contribution in [3.8, 4) is 11.5 Å². The van der Waals surface area contributed by atoms with Crippen molar-refractivity contribution in [2.75, 3.05) is 5.32 Å². The molecular weight excluding hydrogens is 378 g/mol. The first-order valence-electron chi connectivity index (χ1n) is 10.4. The van der Waals surface area contributed by atoms with E-state index >= 15 is 0 Å². The molecule has 0 spiro atoms. The molecule has 0 aromatic heterocycles. The molecule has 2 saturated carbocycles. The van der Waals surface area contributed by atoms with E-state index in [1.165, 1.54) is 0 Å². The quantitative estimate of drug-likeness (QED) is 0.642. The molecule has 3 aromatic carbocycles. The van der Waals surface area contributed by atoms with Gasteiger partial charge in [-0.2, -0.15) is 0 Å². The van der Waals surface area contributed by atoms with Crippen molar-refractivity contribution in [2.24, 2.45) is 23.7 Å². The fourth-order valence-electron chi connectivity index (χ4n) is 5.61. The van der Waals surface area contributed by atoms with Crippen molar-refractivity contribution in [2.45, 2.75) is 18.9 Å². The summed E-state index contributed by atoms with van der Waals surface area (Å²) >= 11 is 0. The average molecular weight is 399 g/mol. The summed E-state index contributed by atoms with van der Waals surface area (Å²) in [6.45, 7) is 0. The van der Waals surface area contributed by atoms with Crippen LogP contribution in [0.25, 0.3) is 10.8 Å². The number of amides is 1. The lowest BCUT2D eigenvalue weighted by atomic mass is 9.79. The van der Waals surface area contributed by atoms with E-state index in [0.717, 1.165) is 29.4 Å². The van der Waals surface area contributed by atoms with E-state index in [4.69, 9.17) is 9.47 Å². The second-order valence-electron chi connectivity index (χ2n) is 8.52. The van der Waals surface area contributed by atoms with E-state index in [0.29, 0.717) is 11.4 Å². The average Bonchev–Trinajstić information content (AvgIpc) is 3.38. The van der Waals surface area contributed by atoms with Gasteiger partial charge in [-0.05, 0) is 54.5 Å². The number of hydrogen-bond acceptors (Lipinski definition) is 4. The number of fused-ring (bicyclic) bond motifs is 2. The number of carbonyl (C=O) groups excluding carboxylic acids is 2. The molecule has 2 bridgehead atoms. The maximum atomic E-state index is 12.9. The van der Waals surface area contributed by atoms with Crippen LogP contribution in [0.4, 0.5) is 5.69 Å². The first-order valence-corrected chi connectivity index (χ1v) is 10.4. The number of anilines is 1. The molecular formula is C25H21NO4. The zero-order chi connectivity index (χ0) is 20.2. The van der Waals surface area contributed by atoms with Gasteiger partial charge in [-0.25, -0.2) is 0 Å². The van der Waals surface area contributed by atoms with Gasteiger partial charge in [-0.15, -0.1) is 0 Å². The maximum Gasteiger partial charge on any atom is 0.310 e. The molecule has 1 heterocycles. The Morgan fingerprint density at radius 3 is 2.63 bits per heavy atom. The van der Waals surface area contributed by atoms with E-state index in [9.17, 15) is 9.59 Å². The fraction of sp³-hybridized carbons (Fsp3) is 0.280. The Labute approximate surface area is 174 Å². The van der Waals surface area contributed by atoms with Gasteiger partial charge in [-0.3, -0.25) is 9.59 Å². The van der Waals surface area contributed by atoms with Gasteiger partial charge in [0.05, 0.1) is 11.8 Å². The van der Waals surface area contributed by atoms with Gasteiger partial charge < -0.3 is 14.8 Å². The van der Waals surface area contributed by atoms with Crippen molar-refractivity contribution in [1.82, 2.24) is 0 Å². The number of benzene rings is 3. The Bertz CT molecular complexity index is 1150. The minimum Gasteiger partial charge on any atom is -0.462 e. The molecule has 1 saturated heterocycles. The highest BCUT2D eigenvalue weighted by Crippen LogP contribution is 2.57. The molecule has 3 fully saturated rings. The smallest absolute Gasteiger partial charge is 0.310 e. The summed E-state index contributed by atoms with van der Waals surface area (Å²) in [6, 6.07) is 21.4. The Morgan fingerprint density at radius 1 is 0.967 bits per heavy atom. The summed E-state index contributed by atoms with van der Waals surface area (Å²) in [5.74, 6) is 1.18. The second-order valence-corrected chi connectivity index (χ2v) is 8.52. The number of ether oxygens (including phenoxy) is 2. The first-order chi connectivity index (χ1) is 14.7. The Kier molecular flexibility index (Phi) is 3.85. The molecule has 0 radical (unpaired) electrons. The summed E-state index contributed by atoms with van der Waals surface area (Å²) in [5.41, 5.74) is 0.705. The Balaban J connectivity index is 1.17. The SMILES string of the molecule is O=C(Nc1ccc(Oc2cccc3ccccc23)cc1)[C@@H]1[C@@H]2C[C@@H]3[C@H]1C(=O)O[C@H]3C2. The van der Waals surface area contributed by atoms with E-state index < -0.39 is 0 Å². The molecule has 5 nitrogen and oxygen atoms in total. The molecule has 30 heavy (non-hydrogen) atoms. The zero-order valence-electron chi connectivity index (χ0n) is 16.3. The van der Waals surface area contributed by atoms with Crippen LogP contribution in [0.5, 0.6) is 11.5 Å². The van der Waals surface area contributed by atoms with Gasteiger partial charge in [0.15, 0.2) is 0 Å². The first kappa shape index (κ1) is 17.5. The van der Waals surface area contributed by atoms with Gasteiger partial charge in [0.2, 0.25) is 5.91 Å². The molecule has 150 valence electrons. The van der Waals surface area contributed by atoms with Gasteiger partial charge >= 0.3 is 5.97 Å². The van der Waals surface area contributed by atoms with Crippen LogP contribution >= 0.6 is 0 Å². The normalized spacial score (nSPS) is 28.5. The summed E-state index contributed by atoms with van der Waals surface area (Å²) in [6.07, 6.45) is 1.79. The highest BCUT2D eigenvalue weighted by atomic mass is 16.6. The zero-order valence-corrected chi connectivity index (χ0v) is 16.3. The number of rotatable bonds is 4. The number of carbonyl (C=O) groups is 2. The highest BCUT2D eigenvalue weighted by molar-refractivity contribution is 5.97. The topological polar surface area (TPSA) is 64.6 Å². The Morgan fingerprint density at radius 2 is 1.77 bits per heavy atom. The lowest BCUT2D eigenvalue weighted by molar-refractivity contribution is -0.145. The number of hydrogen-bond donors (Lipinski definition) is 1. The molecule has 5 heteroatoms. The van der Waals surface area contributed by atoms with E-state index in [1.54, 1.807) is 0 Å². The number of esters is 1. The minimum atomic E-state index is -0.271. The summed E-state index contributed by atoms with van der Waals surface area (Å²) in [5, 5.41) is 5.16. The van der Waals surface area contributed by atoms with E-state index in [1.807, 2.05) is 54.6 Å². The van der Waals surface area contributed by atoms with Crippen molar-refractivity contribution in [3.05, 3.63) is 66.7 Å². The molecule has 1 aliphatic heterocycles. The van der Waals surface area contributed by atoms with Crippen LogP contribution in [0.15, 0.2) is 66.7 Å².